The van der Waals surface area contributed by atoms with Crippen LogP contribution in [0.25, 0.3) is 0 Å². The number of benzene rings is 2. The summed E-state index contributed by atoms with van der Waals surface area (Å²) >= 11 is 0. The number of carbonyl (C=O) groups is 2. The largest absolute Gasteiger partial charge is 0.445 e. The smallest absolute Gasteiger partial charge is 0.410 e. The van der Waals surface area contributed by atoms with Gasteiger partial charge < -0.3 is 14.5 Å². The molecule has 1 unspecified atom stereocenters. The average Bonchev–Trinajstić information content (AvgIpc) is 2.66. The summed E-state index contributed by atoms with van der Waals surface area (Å²) < 4.78 is 5.30. The highest BCUT2D eigenvalue weighted by molar-refractivity contribution is 5.93. The summed E-state index contributed by atoms with van der Waals surface area (Å²) in [6.07, 6.45) is -0.214. The van der Waals surface area contributed by atoms with Gasteiger partial charge in [0.05, 0.1) is 0 Å². The van der Waals surface area contributed by atoms with Crippen LogP contribution in [0.2, 0.25) is 0 Å². The normalized spacial score (nSPS) is 11.5. The van der Waals surface area contributed by atoms with Gasteiger partial charge in [-0.15, -0.1) is 0 Å². The van der Waals surface area contributed by atoms with Crippen molar-refractivity contribution in [3.8, 4) is 0 Å². The van der Waals surface area contributed by atoms with Gasteiger partial charge in [-0.2, -0.15) is 0 Å². The molecular weight excluding hydrogens is 316 g/mol. The van der Waals surface area contributed by atoms with Crippen LogP contribution in [0.1, 0.15) is 18.9 Å². The van der Waals surface area contributed by atoms with Gasteiger partial charge in [-0.05, 0) is 24.6 Å². The molecule has 0 spiro atoms. The molecule has 0 fully saturated rings. The molecule has 2 aromatic rings. The van der Waals surface area contributed by atoms with E-state index in [1.54, 1.807) is 19.0 Å². The molecule has 1 atom stereocenters. The van der Waals surface area contributed by atoms with Crippen LogP contribution in [-0.2, 0) is 16.1 Å². The van der Waals surface area contributed by atoms with Crippen molar-refractivity contribution < 1.29 is 14.3 Å². The van der Waals surface area contributed by atoms with Crippen LogP contribution in [0, 0.1) is 0 Å². The third-order valence-corrected chi connectivity index (χ3v) is 4.14. The van der Waals surface area contributed by atoms with Crippen molar-refractivity contribution in [3.05, 3.63) is 66.2 Å². The van der Waals surface area contributed by atoms with E-state index in [1.807, 2.05) is 67.6 Å². The second-order valence-electron chi connectivity index (χ2n) is 5.99. The van der Waals surface area contributed by atoms with Crippen molar-refractivity contribution in [1.29, 1.82) is 0 Å². The Morgan fingerprint density at radius 1 is 0.960 bits per heavy atom. The van der Waals surface area contributed by atoms with Crippen LogP contribution >= 0.6 is 0 Å². The fraction of sp³-hybridized carbons (Fsp3) is 0.300. The molecule has 0 aromatic heterocycles. The Morgan fingerprint density at radius 3 is 2.12 bits per heavy atom. The molecule has 0 aliphatic heterocycles. The van der Waals surface area contributed by atoms with E-state index >= 15 is 0 Å². The number of carbonyl (C=O) groups excluding carboxylic acids is 2. The van der Waals surface area contributed by atoms with Crippen LogP contribution < -0.4 is 4.90 Å². The van der Waals surface area contributed by atoms with Gasteiger partial charge in [-0.1, -0.05) is 48.5 Å². The van der Waals surface area contributed by atoms with E-state index in [0.717, 1.165) is 11.3 Å². The van der Waals surface area contributed by atoms with E-state index in [2.05, 4.69) is 0 Å². The van der Waals surface area contributed by atoms with Crippen LogP contribution in [0.5, 0.6) is 0 Å². The van der Waals surface area contributed by atoms with Gasteiger partial charge in [0.2, 0.25) is 5.91 Å². The molecule has 132 valence electrons. The van der Waals surface area contributed by atoms with Crippen LogP contribution in [0.4, 0.5) is 10.5 Å². The molecule has 2 rings (SSSR count). The summed E-state index contributed by atoms with van der Waals surface area (Å²) in [7, 11) is 3.38. The van der Waals surface area contributed by atoms with E-state index in [0.29, 0.717) is 0 Å². The Labute approximate surface area is 148 Å². The van der Waals surface area contributed by atoms with Gasteiger partial charge in [0.1, 0.15) is 6.61 Å². The van der Waals surface area contributed by atoms with E-state index in [4.69, 9.17) is 4.74 Å². The molecule has 0 N–H and O–H groups in total. The van der Waals surface area contributed by atoms with Crippen molar-refractivity contribution in [1.82, 2.24) is 4.90 Å². The molecule has 0 heterocycles. The first-order valence-electron chi connectivity index (χ1n) is 8.24. The summed E-state index contributed by atoms with van der Waals surface area (Å²) in [5.74, 6) is -0.0543. The monoisotopic (exact) mass is 340 g/mol. The lowest BCUT2D eigenvalue weighted by Gasteiger charge is -2.26. The standard InChI is InChI=1S/C20H24N2O3/c1-16(14-19(23)22(3)18-12-8-5-9-13-18)21(2)20(24)25-15-17-10-6-4-7-11-17/h4-13,16H,14-15H2,1-3H3. The highest BCUT2D eigenvalue weighted by Gasteiger charge is 2.22. The first-order chi connectivity index (χ1) is 12.0. The Kier molecular flexibility index (Phi) is 6.57. The van der Waals surface area contributed by atoms with E-state index in [1.165, 1.54) is 4.90 Å². The van der Waals surface area contributed by atoms with E-state index in [-0.39, 0.29) is 25.0 Å². The lowest BCUT2D eigenvalue weighted by atomic mass is 10.2. The lowest BCUT2D eigenvalue weighted by molar-refractivity contribution is -0.119. The minimum absolute atomic E-state index is 0.0543. The fourth-order valence-corrected chi connectivity index (χ4v) is 2.32. The summed E-state index contributed by atoms with van der Waals surface area (Å²) in [6.45, 7) is 2.05. The number of amides is 2. The van der Waals surface area contributed by atoms with Gasteiger partial charge in [0.25, 0.3) is 0 Å². The van der Waals surface area contributed by atoms with Gasteiger partial charge in [-0.25, -0.2) is 4.79 Å². The molecular formula is C20H24N2O3. The molecule has 2 amide bonds. The number of rotatable bonds is 6. The first-order valence-corrected chi connectivity index (χ1v) is 8.24. The third kappa shape index (κ3) is 5.35. The first kappa shape index (κ1) is 18.5. The van der Waals surface area contributed by atoms with Crippen LogP contribution in [-0.4, -0.2) is 37.0 Å². The summed E-state index contributed by atoms with van der Waals surface area (Å²) in [5.41, 5.74) is 1.76. The molecule has 2 aromatic carbocycles. The van der Waals surface area contributed by atoms with Gasteiger partial charge in [0, 0.05) is 32.2 Å². The minimum atomic E-state index is -0.438. The van der Waals surface area contributed by atoms with E-state index < -0.39 is 6.09 Å². The minimum Gasteiger partial charge on any atom is -0.445 e. The maximum atomic E-state index is 12.4. The topological polar surface area (TPSA) is 49.9 Å². The number of hydrogen-bond donors (Lipinski definition) is 0. The molecule has 0 radical (unpaired) electrons. The predicted molar refractivity (Wildman–Crippen MR) is 98.3 cm³/mol. The third-order valence-electron chi connectivity index (χ3n) is 4.14. The van der Waals surface area contributed by atoms with Crippen molar-refractivity contribution in [2.24, 2.45) is 0 Å². The zero-order valence-electron chi connectivity index (χ0n) is 14.9. The Hall–Kier alpha value is -2.82. The zero-order valence-corrected chi connectivity index (χ0v) is 14.9. The second-order valence-corrected chi connectivity index (χ2v) is 5.99. The second kappa shape index (κ2) is 8.87. The highest BCUT2D eigenvalue weighted by Crippen LogP contribution is 2.14. The maximum absolute atomic E-state index is 12.4. The Morgan fingerprint density at radius 2 is 1.52 bits per heavy atom. The van der Waals surface area contributed by atoms with Crippen molar-refractivity contribution >= 4 is 17.7 Å². The fourth-order valence-electron chi connectivity index (χ4n) is 2.32. The Bertz CT molecular complexity index is 689. The number of hydrogen-bond acceptors (Lipinski definition) is 3. The molecule has 5 heteroatoms. The molecule has 0 saturated heterocycles. The van der Waals surface area contributed by atoms with Gasteiger partial charge in [-0.3, -0.25) is 4.79 Å². The molecule has 25 heavy (non-hydrogen) atoms. The molecule has 0 saturated carbocycles. The zero-order chi connectivity index (χ0) is 18.2. The van der Waals surface area contributed by atoms with Crippen molar-refractivity contribution in [2.45, 2.75) is 26.0 Å². The quantitative estimate of drug-likeness (QED) is 0.806. The predicted octanol–water partition coefficient (Wildman–Crippen LogP) is 3.70. The molecule has 0 aliphatic carbocycles. The van der Waals surface area contributed by atoms with Crippen LogP contribution in [0.15, 0.2) is 60.7 Å². The highest BCUT2D eigenvalue weighted by atomic mass is 16.6. The average molecular weight is 340 g/mol. The SMILES string of the molecule is CC(CC(=O)N(C)c1ccccc1)N(C)C(=O)OCc1ccccc1. The number of nitrogens with zero attached hydrogens (tertiary/aromatic N) is 2. The van der Waals surface area contributed by atoms with E-state index in [9.17, 15) is 9.59 Å². The number of para-hydroxylation sites is 1. The summed E-state index contributed by atoms with van der Waals surface area (Å²) in [5, 5.41) is 0. The van der Waals surface area contributed by atoms with Crippen molar-refractivity contribution in [2.75, 3.05) is 19.0 Å². The van der Waals surface area contributed by atoms with Crippen molar-refractivity contribution in [3.63, 3.8) is 0 Å². The van der Waals surface area contributed by atoms with Gasteiger partial charge >= 0.3 is 6.09 Å². The molecule has 5 nitrogen and oxygen atoms in total. The molecule has 0 aliphatic rings. The van der Waals surface area contributed by atoms with Crippen LogP contribution in [0.3, 0.4) is 0 Å². The summed E-state index contributed by atoms with van der Waals surface area (Å²) in [4.78, 5) is 27.6. The number of ether oxygens (including phenoxy) is 1. The van der Waals surface area contributed by atoms with Gasteiger partial charge in [0.15, 0.2) is 0 Å². The maximum Gasteiger partial charge on any atom is 0.410 e. The lowest BCUT2D eigenvalue weighted by Crippen LogP contribution is -2.39. The number of anilines is 1. The summed E-state index contributed by atoms with van der Waals surface area (Å²) in [6, 6.07) is 18.7. The molecule has 0 bridgehead atoms. The Balaban J connectivity index is 1.85.